The molecule has 18 heavy (non-hydrogen) atoms. The van der Waals surface area contributed by atoms with Gasteiger partial charge in [0.1, 0.15) is 5.82 Å². The van der Waals surface area contributed by atoms with Gasteiger partial charge in [0.2, 0.25) is 0 Å². The van der Waals surface area contributed by atoms with E-state index in [0.29, 0.717) is 17.3 Å². The second-order valence-electron chi connectivity index (χ2n) is 4.57. The maximum atomic E-state index is 13.3. The first-order valence-electron chi connectivity index (χ1n) is 5.99. The lowest BCUT2D eigenvalue weighted by molar-refractivity contribution is -0.254. The predicted molar refractivity (Wildman–Crippen MR) is 62.7 cm³/mol. The van der Waals surface area contributed by atoms with Crippen molar-refractivity contribution in [2.45, 2.75) is 25.7 Å². The fourth-order valence-electron chi connectivity index (χ4n) is 2.63. The summed E-state index contributed by atoms with van der Waals surface area (Å²) in [6.45, 7) is 0. The predicted octanol–water partition coefficient (Wildman–Crippen LogP) is 1.62. The molecule has 0 bridgehead atoms. The van der Waals surface area contributed by atoms with Gasteiger partial charge in [0, 0.05) is 16.6 Å². The van der Waals surface area contributed by atoms with Gasteiger partial charge in [0.25, 0.3) is 0 Å². The van der Waals surface area contributed by atoms with Crippen molar-refractivity contribution < 1.29 is 14.3 Å². The van der Waals surface area contributed by atoms with Crippen molar-refractivity contribution in [3.8, 4) is 0 Å². The number of rotatable bonds is 1. The molecule has 0 spiro atoms. The van der Waals surface area contributed by atoms with E-state index in [-0.39, 0.29) is 5.56 Å². The van der Waals surface area contributed by atoms with E-state index < -0.39 is 11.8 Å². The molecule has 3 nitrogen and oxygen atoms in total. The second-order valence-corrected chi connectivity index (χ2v) is 4.57. The molecule has 0 fully saturated rings. The SMILES string of the molecule is O=C([O-])c1c2c(nc3ccc(F)cc13)CCCC2. The molecule has 0 amide bonds. The lowest BCUT2D eigenvalue weighted by atomic mass is 9.90. The van der Waals surface area contributed by atoms with Crippen molar-refractivity contribution >= 4 is 16.9 Å². The highest BCUT2D eigenvalue weighted by molar-refractivity contribution is 6.03. The maximum absolute atomic E-state index is 13.3. The Balaban J connectivity index is 2.41. The highest BCUT2D eigenvalue weighted by Gasteiger charge is 2.18. The third-order valence-electron chi connectivity index (χ3n) is 3.43. The molecule has 2 aromatic rings. The average molecular weight is 244 g/mol. The number of aromatic carboxylic acids is 1. The van der Waals surface area contributed by atoms with Gasteiger partial charge in [-0.05, 0) is 49.4 Å². The molecule has 3 rings (SSSR count). The molecule has 0 radical (unpaired) electrons. The molecule has 0 atom stereocenters. The van der Waals surface area contributed by atoms with Crippen LogP contribution in [0.1, 0.15) is 34.5 Å². The van der Waals surface area contributed by atoms with Crippen LogP contribution in [0.5, 0.6) is 0 Å². The van der Waals surface area contributed by atoms with E-state index in [1.165, 1.54) is 18.2 Å². The standard InChI is InChI=1S/C14H12FNO2/c15-8-5-6-12-10(7-8)13(14(17)18)9-3-1-2-4-11(9)16-12/h5-7H,1-4H2,(H,17,18)/p-1. The monoisotopic (exact) mass is 244 g/mol. The van der Waals surface area contributed by atoms with Crippen molar-refractivity contribution in [3.63, 3.8) is 0 Å². The van der Waals surface area contributed by atoms with Gasteiger partial charge in [-0.25, -0.2) is 4.39 Å². The lowest BCUT2D eigenvalue weighted by Crippen LogP contribution is -2.26. The van der Waals surface area contributed by atoms with E-state index in [1.807, 2.05) is 0 Å². The van der Waals surface area contributed by atoms with Crippen molar-refractivity contribution in [1.29, 1.82) is 0 Å². The second kappa shape index (κ2) is 4.05. The van der Waals surface area contributed by atoms with Crippen LogP contribution in [0.4, 0.5) is 4.39 Å². The molecule has 0 aliphatic heterocycles. The summed E-state index contributed by atoms with van der Waals surface area (Å²) in [6.07, 6.45) is 3.41. The molecule has 92 valence electrons. The quantitative estimate of drug-likeness (QED) is 0.765. The smallest absolute Gasteiger partial charge is 0.123 e. The molecule has 0 saturated carbocycles. The van der Waals surface area contributed by atoms with Crippen molar-refractivity contribution in [1.82, 2.24) is 4.98 Å². The van der Waals surface area contributed by atoms with E-state index in [9.17, 15) is 14.3 Å². The first kappa shape index (κ1) is 11.1. The Morgan fingerprint density at radius 3 is 2.83 bits per heavy atom. The summed E-state index contributed by atoms with van der Waals surface area (Å²) >= 11 is 0. The van der Waals surface area contributed by atoms with Crippen LogP contribution >= 0.6 is 0 Å². The molecule has 1 heterocycles. The van der Waals surface area contributed by atoms with Crippen LogP contribution in [-0.2, 0) is 12.8 Å². The molecule has 4 heteroatoms. The molecule has 1 aromatic carbocycles. The van der Waals surface area contributed by atoms with Crippen LogP contribution < -0.4 is 5.11 Å². The highest BCUT2D eigenvalue weighted by atomic mass is 19.1. The van der Waals surface area contributed by atoms with Crippen molar-refractivity contribution in [2.24, 2.45) is 0 Å². The Hall–Kier alpha value is -1.97. The number of benzene rings is 1. The van der Waals surface area contributed by atoms with E-state index in [0.717, 1.165) is 30.5 Å². The molecule has 1 aliphatic carbocycles. The van der Waals surface area contributed by atoms with Crippen LogP contribution in [-0.4, -0.2) is 11.0 Å². The molecular formula is C14H11FNO2-. The van der Waals surface area contributed by atoms with Crippen molar-refractivity contribution in [2.75, 3.05) is 0 Å². The van der Waals surface area contributed by atoms with Gasteiger partial charge in [-0.15, -0.1) is 0 Å². The van der Waals surface area contributed by atoms with Gasteiger partial charge >= 0.3 is 0 Å². The van der Waals surface area contributed by atoms with E-state index in [4.69, 9.17) is 0 Å². The van der Waals surface area contributed by atoms with Gasteiger partial charge in [-0.3, -0.25) is 4.98 Å². The normalized spacial score (nSPS) is 14.5. The topological polar surface area (TPSA) is 53.0 Å². The number of carboxylic acid groups (broad SMARTS) is 1. The average Bonchev–Trinajstić information content (AvgIpc) is 2.35. The zero-order valence-electron chi connectivity index (χ0n) is 9.70. The molecule has 0 N–H and O–H groups in total. The van der Waals surface area contributed by atoms with Gasteiger partial charge < -0.3 is 9.90 Å². The molecule has 1 aromatic heterocycles. The van der Waals surface area contributed by atoms with E-state index >= 15 is 0 Å². The number of carboxylic acids is 1. The molecule has 0 unspecified atom stereocenters. The van der Waals surface area contributed by atoms with Gasteiger partial charge in [-0.2, -0.15) is 0 Å². The number of aryl methyl sites for hydroxylation is 1. The Labute approximate surface area is 103 Å². The molecule has 1 aliphatic rings. The molecule has 0 saturated heterocycles. The first-order valence-corrected chi connectivity index (χ1v) is 5.99. The fraction of sp³-hybridized carbons (Fsp3) is 0.286. The lowest BCUT2D eigenvalue weighted by Gasteiger charge is -2.21. The van der Waals surface area contributed by atoms with Crippen LogP contribution in [0.25, 0.3) is 10.9 Å². The maximum Gasteiger partial charge on any atom is 0.123 e. The third-order valence-corrected chi connectivity index (χ3v) is 3.43. The third kappa shape index (κ3) is 1.65. The number of hydrogen-bond donors (Lipinski definition) is 0. The van der Waals surface area contributed by atoms with E-state index in [1.54, 1.807) is 0 Å². The number of aromatic nitrogens is 1. The van der Waals surface area contributed by atoms with Crippen LogP contribution in [0.15, 0.2) is 18.2 Å². The fourth-order valence-corrected chi connectivity index (χ4v) is 2.63. The summed E-state index contributed by atoms with van der Waals surface area (Å²) in [6, 6.07) is 4.04. The summed E-state index contributed by atoms with van der Waals surface area (Å²) in [4.78, 5) is 15.8. The minimum absolute atomic E-state index is 0.120. The number of pyridine rings is 1. The largest absolute Gasteiger partial charge is 0.545 e. The Bertz CT molecular complexity index is 652. The number of carbonyl (C=O) groups is 1. The van der Waals surface area contributed by atoms with Crippen LogP contribution in [0.2, 0.25) is 0 Å². The summed E-state index contributed by atoms with van der Waals surface area (Å²) < 4.78 is 13.3. The zero-order chi connectivity index (χ0) is 12.7. The summed E-state index contributed by atoms with van der Waals surface area (Å²) in [5.41, 5.74) is 2.18. The number of halogens is 1. The van der Waals surface area contributed by atoms with Gasteiger partial charge in [0.05, 0.1) is 11.5 Å². The Kier molecular flexibility index (Phi) is 2.51. The number of nitrogens with zero attached hydrogens (tertiary/aromatic N) is 1. The number of hydrogen-bond acceptors (Lipinski definition) is 3. The molecular weight excluding hydrogens is 233 g/mol. The number of carbonyl (C=O) groups excluding carboxylic acids is 1. The minimum Gasteiger partial charge on any atom is -0.545 e. The Morgan fingerprint density at radius 2 is 2.06 bits per heavy atom. The summed E-state index contributed by atoms with van der Waals surface area (Å²) in [7, 11) is 0. The van der Waals surface area contributed by atoms with Crippen molar-refractivity contribution in [3.05, 3.63) is 40.8 Å². The van der Waals surface area contributed by atoms with Crippen LogP contribution in [0.3, 0.4) is 0 Å². The van der Waals surface area contributed by atoms with Crippen LogP contribution in [0, 0.1) is 5.82 Å². The van der Waals surface area contributed by atoms with Gasteiger partial charge in [-0.1, -0.05) is 0 Å². The number of fused-ring (bicyclic) bond motifs is 2. The van der Waals surface area contributed by atoms with E-state index in [2.05, 4.69) is 4.98 Å². The minimum atomic E-state index is -1.24. The highest BCUT2D eigenvalue weighted by Crippen LogP contribution is 2.29. The zero-order valence-corrected chi connectivity index (χ0v) is 9.70. The summed E-state index contributed by atoms with van der Waals surface area (Å²) in [5, 5.41) is 11.7. The van der Waals surface area contributed by atoms with Gasteiger partial charge in [0.15, 0.2) is 0 Å². The first-order chi connectivity index (χ1) is 8.66. The summed E-state index contributed by atoms with van der Waals surface area (Å²) in [5.74, 6) is -1.70. The Morgan fingerprint density at radius 1 is 1.28 bits per heavy atom.